The van der Waals surface area contributed by atoms with Crippen LogP contribution >= 0.6 is 0 Å². The van der Waals surface area contributed by atoms with Crippen LogP contribution in [0.1, 0.15) is 44.4 Å². The zero-order chi connectivity index (χ0) is 12.1. The van der Waals surface area contributed by atoms with Crippen molar-refractivity contribution in [2.75, 3.05) is 18.4 Å². The van der Waals surface area contributed by atoms with Crippen LogP contribution in [-0.2, 0) is 12.8 Å². The Balaban J connectivity index is 2.03. The average Bonchev–Trinajstić information content (AvgIpc) is 2.73. The molecule has 0 spiro atoms. The number of rotatable bonds is 5. The summed E-state index contributed by atoms with van der Waals surface area (Å²) in [5.74, 6) is 1.09. The first-order valence-electron chi connectivity index (χ1n) is 6.88. The molecule has 1 aliphatic heterocycles. The number of hydrogen-bond acceptors (Lipinski definition) is 3. The second kappa shape index (κ2) is 6.05. The molecule has 1 aromatic rings. The highest BCUT2D eigenvalue weighted by Gasteiger charge is 2.17. The molecule has 0 aromatic carbocycles. The summed E-state index contributed by atoms with van der Waals surface area (Å²) in [5.41, 5.74) is 2.69. The summed E-state index contributed by atoms with van der Waals surface area (Å²) in [4.78, 5) is 0. The number of H-pyrrole nitrogens is 1. The van der Waals surface area contributed by atoms with Crippen molar-refractivity contribution in [2.45, 2.75) is 52.0 Å². The van der Waals surface area contributed by atoms with E-state index in [1.807, 2.05) is 0 Å². The van der Waals surface area contributed by atoms with Gasteiger partial charge in [-0.25, -0.2) is 0 Å². The molecule has 1 fully saturated rings. The van der Waals surface area contributed by atoms with E-state index in [1.165, 1.54) is 30.5 Å². The molecule has 2 heterocycles. The molecule has 96 valence electrons. The van der Waals surface area contributed by atoms with Crippen LogP contribution < -0.4 is 10.6 Å². The minimum absolute atomic E-state index is 0.583. The van der Waals surface area contributed by atoms with E-state index in [4.69, 9.17) is 0 Å². The van der Waals surface area contributed by atoms with Gasteiger partial charge in [-0.1, -0.05) is 20.3 Å². The molecule has 0 unspecified atom stereocenters. The lowest BCUT2D eigenvalue weighted by Gasteiger charge is -2.24. The van der Waals surface area contributed by atoms with Gasteiger partial charge in [-0.05, 0) is 38.8 Å². The molecule has 0 amide bonds. The van der Waals surface area contributed by atoms with Crippen LogP contribution in [0.2, 0.25) is 0 Å². The minimum atomic E-state index is 0.583. The van der Waals surface area contributed by atoms with E-state index in [-0.39, 0.29) is 0 Å². The van der Waals surface area contributed by atoms with Crippen molar-refractivity contribution in [1.29, 1.82) is 0 Å². The summed E-state index contributed by atoms with van der Waals surface area (Å²) in [7, 11) is 0. The van der Waals surface area contributed by atoms with Gasteiger partial charge in [0.05, 0.1) is 0 Å². The van der Waals surface area contributed by atoms with Crippen molar-refractivity contribution in [2.24, 2.45) is 0 Å². The van der Waals surface area contributed by atoms with E-state index in [9.17, 15) is 0 Å². The molecule has 4 heteroatoms. The molecule has 1 saturated heterocycles. The molecular weight excluding hydrogens is 212 g/mol. The Hall–Kier alpha value is -1.03. The van der Waals surface area contributed by atoms with Crippen molar-refractivity contribution in [1.82, 2.24) is 15.5 Å². The van der Waals surface area contributed by atoms with Crippen LogP contribution in [0.3, 0.4) is 0 Å². The first kappa shape index (κ1) is 12.4. The van der Waals surface area contributed by atoms with Gasteiger partial charge in [0.2, 0.25) is 0 Å². The predicted octanol–water partition coefficient (Wildman–Crippen LogP) is 2.09. The molecular formula is C13H24N4. The Kier molecular flexibility index (Phi) is 4.42. The lowest BCUT2D eigenvalue weighted by Crippen LogP contribution is -2.35. The third kappa shape index (κ3) is 3.00. The van der Waals surface area contributed by atoms with Crippen LogP contribution in [0, 0.1) is 0 Å². The van der Waals surface area contributed by atoms with Gasteiger partial charge >= 0.3 is 0 Å². The Labute approximate surface area is 104 Å². The fourth-order valence-electron chi connectivity index (χ4n) is 2.52. The number of aryl methyl sites for hydroxylation is 1. The fraction of sp³-hybridized carbons (Fsp3) is 0.769. The van der Waals surface area contributed by atoms with Crippen molar-refractivity contribution in [3.05, 3.63) is 11.3 Å². The first-order chi connectivity index (χ1) is 8.35. The van der Waals surface area contributed by atoms with Crippen LogP contribution in [0.4, 0.5) is 5.82 Å². The predicted molar refractivity (Wildman–Crippen MR) is 71.5 cm³/mol. The van der Waals surface area contributed by atoms with Crippen molar-refractivity contribution in [3.63, 3.8) is 0 Å². The third-order valence-electron chi connectivity index (χ3n) is 3.49. The van der Waals surface area contributed by atoms with Gasteiger partial charge in [0.25, 0.3) is 0 Å². The Bertz CT molecular complexity index is 339. The highest BCUT2D eigenvalue weighted by Crippen LogP contribution is 2.21. The zero-order valence-electron chi connectivity index (χ0n) is 11.0. The maximum Gasteiger partial charge on any atom is 0.151 e. The molecule has 1 aromatic heterocycles. The average molecular weight is 236 g/mol. The molecule has 17 heavy (non-hydrogen) atoms. The standard InChI is InChI=1S/C13H24N4/c1-3-5-12-11(4-2)13(17-16-12)15-10-6-8-14-9-7-10/h10,14H,3-9H2,1-2H3,(H2,15,16,17). The Morgan fingerprint density at radius 1 is 1.29 bits per heavy atom. The molecule has 3 N–H and O–H groups in total. The summed E-state index contributed by atoms with van der Waals surface area (Å²) >= 11 is 0. The number of nitrogens with zero attached hydrogens (tertiary/aromatic N) is 1. The normalized spacial score (nSPS) is 17.3. The second-order valence-electron chi connectivity index (χ2n) is 4.80. The molecule has 0 atom stereocenters. The van der Waals surface area contributed by atoms with E-state index in [0.717, 1.165) is 31.7 Å². The Morgan fingerprint density at radius 2 is 2.06 bits per heavy atom. The number of nitrogens with one attached hydrogen (secondary N) is 3. The van der Waals surface area contributed by atoms with Crippen LogP contribution in [-0.4, -0.2) is 29.3 Å². The molecule has 0 radical (unpaired) electrons. The van der Waals surface area contributed by atoms with E-state index in [2.05, 4.69) is 34.7 Å². The van der Waals surface area contributed by atoms with Crippen molar-refractivity contribution >= 4 is 5.82 Å². The first-order valence-corrected chi connectivity index (χ1v) is 6.88. The van der Waals surface area contributed by atoms with Crippen LogP contribution in [0.5, 0.6) is 0 Å². The third-order valence-corrected chi connectivity index (χ3v) is 3.49. The van der Waals surface area contributed by atoms with Crippen molar-refractivity contribution in [3.8, 4) is 0 Å². The van der Waals surface area contributed by atoms with Gasteiger partial charge in [-0.2, -0.15) is 5.10 Å². The van der Waals surface area contributed by atoms with Crippen molar-refractivity contribution < 1.29 is 0 Å². The largest absolute Gasteiger partial charge is 0.366 e. The van der Waals surface area contributed by atoms with Gasteiger partial charge < -0.3 is 10.6 Å². The number of hydrogen-bond donors (Lipinski definition) is 3. The van der Waals surface area contributed by atoms with E-state index >= 15 is 0 Å². The number of aromatic nitrogens is 2. The monoisotopic (exact) mass is 236 g/mol. The number of aromatic amines is 1. The van der Waals surface area contributed by atoms with Gasteiger partial charge in [0.15, 0.2) is 5.82 Å². The van der Waals surface area contributed by atoms with Crippen LogP contribution in [0.15, 0.2) is 0 Å². The molecule has 2 rings (SSSR count). The summed E-state index contributed by atoms with van der Waals surface area (Å²) in [6, 6.07) is 0.583. The maximum atomic E-state index is 4.44. The Morgan fingerprint density at radius 3 is 2.71 bits per heavy atom. The summed E-state index contributed by atoms with van der Waals surface area (Å²) in [5, 5.41) is 14.6. The second-order valence-corrected chi connectivity index (χ2v) is 4.80. The lowest BCUT2D eigenvalue weighted by atomic mass is 10.1. The topological polar surface area (TPSA) is 52.7 Å². The SMILES string of the molecule is CCCc1[nH]nc(NC2CCNCC2)c1CC. The van der Waals surface area contributed by atoms with Gasteiger partial charge in [0, 0.05) is 17.3 Å². The molecule has 0 saturated carbocycles. The number of piperidine rings is 1. The van der Waals surface area contributed by atoms with E-state index in [1.54, 1.807) is 0 Å². The number of anilines is 1. The summed E-state index contributed by atoms with van der Waals surface area (Å²) in [6.45, 7) is 6.65. The van der Waals surface area contributed by atoms with Gasteiger partial charge in [-0.3, -0.25) is 5.10 Å². The smallest absolute Gasteiger partial charge is 0.151 e. The summed E-state index contributed by atoms with van der Waals surface area (Å²) < 4.78 is 0. The molecule has 0 bridgehead atoms. The highest BCUT2D eigenvalue weighted by atomic mass is 15.2. The quantitative estimate of drug-likeness (QED) is 0.734. The minimum Gasteiger partial charge on any atom is -0.366 e. The van der Waals surface area contributed by atoms with E-state index in [0.29, 0.717) is 6.04 Å². The van der Waals surface area contributed by atoms with E-state index < -0.39 is 0 Å². The maximum absolute atomic E-state index is 4.44. The molecule has 4 nitrogen and oxygen atoms in total. The summed E-state index contributed by atoms with van der Waals surface area (Å²) in [6.07, 6.45) is 5.71. The van der Waals surface area contributed by atoms with Gasteiger partial charge in [0.1, 0.15) is 0 Å². The lowest BCUT2D eigenvalue weighted by molar-refractivity contribution is 0.478. The van der Waals surface area contributed by atoms with Crippen LogP contribution in [0.25, 0.3) is 0 Å². The highest BCUT2D eigenvalue weighted by molar-refractivity contribution is 5.47. The van der Waals surface area contributed by atoms with Gasteiger partial charge in [-0.15, -0.1) is 0 Å². The zero-order valence-corrected chi connectivity index (χ0v) is 11.0. The molecule has 0 aliphatic carbocycles. The fourth-order valence-corrected chi connectivity index (χ4v) is 2.52. The molecule has 1 aliphatic rings.